The molecule has 15 heavy (non-hydrogen) atoms. The number of nitrogens with one attached hydrogen (secondary N) is 1. The van der Waals surface area contributed by atoms with Crippen LogP contribution in [0.2, 0.25) is 0 Å². The maximum absolute atomic E-state index is 5.85. The third kappa shape index (κ3) is 2.06. The van der Waals surface area contributed by atoms with Crippen LogP contribution in [0.4, 0.5) is 0 Å². The van der Waals surface area contributed by atoms with Crippen molar-refractivity contribution in [2.45, 2.75) is 25.8 Å². The molecule has 3 nitrogen and oxygen atoms in total. The van der Waals surface area contributed by atoms with Crippen LogP contribution in [0.25, 0.3) is 11.0 Å². The molecule has 0 bridgehead atoms. The van der Waals surface area contributed by atoms with Crippen LogP contribution in [-0.2, 0) is 0 Å². The van der Waals surface area contributed by atoms with Crippen molar-refractivity contribution in [3.05, 3.63) is 28.5 Å². The van der Waals surface area contributed by atoms with Gasteiger partial charge < -0.3 is 10.7 Å². The van der Waals surface area contributed by atoms with Gasteiger partial charge in [0, 0.05) is 16.4 Å². The number of nitrogens with zero attached hydrogens (tertiary/aromatic N) is 1. The summed E-state index contributed by atoms with van der Waals surface area (Å²) in [5, 5.41) is 0. The zero-order chi connectivity index (χ0) is 11.0. The van der Waals surface area contributed by atoms with Gasteiger partial charge in [0.1, 0.15) is 5.82 Å². The number of aromatic nitrogens is 2. The normalized spacial score (nSPS) is 15.5. The predicted molar refractivity (Wildman–Crippen MR) is 65.9 cm³/mol. The van der Waals surface area contributed by atoms with Gasteiger partial charge in [-0.05, 0) is 25.1 Å². The largest absolute Gasteiger partial charge is 0.342 e. The molecular weight excluding hydrogens is 254 g/mol. The van der Waals surface area contributed by atoms with Gasteiger partial charge in [-0.25, -0.2) is 4.98 Å². The lowest BCUT2D eigenvalue weighted by molar-refractivity contribution is 0.588. The summed E-state index contributed by atoms with van der Waals surface area (Å²) in [6, 6.07) is 6.12. The number of nitrogens with two attached hydrogens (primary N) is 1. The van der Waals surface area contributed by atoms with Crippen LogP contribution in [0.3, 0.4) is 0 Å². The van der Waals surface area contributed by atoms with Crippen molar-refractivity contribution >= 4 is 27.0 Å². The van der Waals surface area contributed by atoms with Gasteiger partial charge >= 0.3 is 0 Å². The first-order valence-corrected chi connectivity index (χ1v) is 5.78. The Morgan fingerprint density at radius 1 is 1.40 bits per heavy atom. The summed E-state index contributed by atoms with van der Waals surface area (Å²) in [6.07, 6.45) is 0. The lowest BCUT2D eigenvalue weighted by Crippen LogP contribution is -2.23. The van der Waals surface area contributed by atoms with E-state index >= 15 is 0 Å². The summed E-state index contributed by atoms with van der Waals surface area (Å²) < 4.78 is 1.05. The van der Waals surface area contributed by atoms with E-state index in [1.807, 2.05) is 25.1 Å². The van der Waals surface area contributed by atoms with Crippen LogP contribution in [0.1, 0.15) is 25.6 Å². The molecular formula is C11H14BrN3. The van der Waals surface area contributed by atoms with Gasteiger partial charge in [-0.2, -0.15) is 0 Å². The molecule has 0 radical (unpaired) electrons. The van der Waals surface area contributed by atoms with Gasteiger partial charge in [0.15, 0.2) is 0 Å². The second-order valence-electron chi connectivity index (χ2n) is 3.93. The van der Waals surface area contributed by atoms with Crippen molar-refractivity contribution in [1.82, 2.24) is 9.97 Å². The number of aromatic amines is 1. The Morgan fingerprint density at radius 2 is 2.13 bits per heavy atom. The van der Waals surface area contributed by atoms with E-state index in [1.165, 1.54) is 0 Å². The van der Waals surface area contributed by atoms with Crippen LogP contribution >= 0.6 is 15.9 Å². The Bertz CT molecular complexity index is 476. The van der Waals surface area contributed by atoms with Gasteiger partial charge in [0.05, 0.1) is 11.0 Å². The summed E-state index contributed by atoms with van der Waals surface area (Å²) in [7, 11) is 0. The highest BCUT2D eigenvalue weighted by molar-refractivity contribution is 9.10. The molecule has 2 rings (SSSR count). The molecule has 0 saturated heterocycles. The Morgan fingerprint density at radius 3 is 2.80 bits per heavy atom. The fourth-order valence-corrected chi connectivity index (χ4v) is 1.83. The standard InChI is InChI=1S/C11H14BrN3/c1-6(7(2)13)11-14-9-4-3-8(12)5-10(9)15-11/h3-7H,13H2,1-2H3,(H,14,15). The first-order chi connectivity index (χ1) is 7.08. The first kappa shape index (κ1) is 10.6. The number of halogens is 1. The molecule has 3 N–H and O–H groups in total. The van der Waals surface area contributed by atoms with Crippen LogP contribution in [-0.4, -0.2) is 16.0 Å². The molecule has 0 amide bonds. The number of hydrogen-bond acceptors (Lipinski definition) is 2. The summed E-state index contributed by atoms with van der Waals surface area (Å²) >= 11 is 3.44. The van der Waals surface area contributed by atoms with Crippen LogP contribution in [0.5, 0.6) is 0 Å². The highest BCUT2D eigenvalue weighted by Gasteiger charge is 2.14. The monoisotopic (exact) mass is 267 g/mol. The average molecular weight is 268 g/mol. The zero-order valence-corrected chi connectivity index (χ0v) is 10.4. The zero-order valence-electron chi connectivity index (χ0n) is 8.79. The molecule has 0 fully saturated rings. The molecule has 1 aromatic carbocycles. The fraction of sp³-hybridized carbons (Fsp3) is 0.364. The molecule has 0 aliphatic heterocycles. The molecule has 0 aliphatic rings. The Hall–Kier alpha value is -0.870. The minimum atomic E-state index is 0.106. The summed E-state index contributed by atoms with van der Waals surface area (Å²) in [5.41, 5.74) is 7.89. The fourth-order valence-electron chi connectivity index (χ4n) is 1.47. The van der Waals surface area contributed by atoms with Crippen LogP contribution in [0, 0.1) is 0 Å². The smallest absolute Gasteiger partial charge is 0.111 e. The van der Waals surface area contributed by atoms with Gasteiger partial charge in [-0.1, -0.05) is 22.9 Å². The number of imidazole rings is 1. The third-order valence-corrected chi connectivity index (χ3v) is 3.18. The maximum atomic E-state index is 5.85. The molecule has 2 aromatic rings. The minimum absolute atomic E-state index is 0.106. The topological polar surface area (TPSA) is 54.7 Å². The van der Waals surface area contributed by atoms with Crippen LogP contribution < -0.4 is 5.73 Å². The molecule has 0 spiro atoms. The van der Waals surface area contributed by atoms with E-state index in [4.69, 9.17) is 5.73 Å². The molecule has 2 unspecified atom stereocenters. The highest BCUT2D eigenvalue weighted by Crippen LogP contribution is 2.22. The number of benzene rings is 1. The number of H-pyrrole nitrogens is 1. The summed E-state index contributed by atoms with van der Waals surface area (Å²) in [5.74, 6) is 1.20. The molecule has 2 atom stereocenters. The van der Waals surface area contributed by atoms with E-state index in [1.54, 1.807) is 0 Å². The van der Waals surface area contributed by atoms with Crippen molar-refractivity contribution in [3.63, 3.8) is 0 Å². The van der Waals surface area contributed by atoms with E-state index < -0.39 is 0 Å². The molecule has 0 aliphatic carbocycles. The maximum Gasteiger partial charge on any atom is 0.111 e. The van der Waals surface area contributed by atoms with E-state index in [0.717, 1.165) is 21.3 Å². The minimum Gasteiger partial charge on any atom is -0.342 e. The second kappa shape index (κ2) is 3.94. The SMILES string of the molecule is CC(N)C(C)c1nc2ccc(Br)cc2[nH]1. The lowest BCUT2D eigenvalue weighted by Gasteiger charge is -2.11. The molecule has 0 saturated carbocycles. The Kier molecular flexibility index (Phi) is 2.80. The van der Waals surface area contributed by atoms with Crippen molar-refractivity contribution in [3.8, 4) is 0 Å². The second-order valence-corrected chi connectivity index (χ2v) is 4.85. The molecule has 1 aromatic heterocycles. The number of fused-ring (bicyclic) bond motifs is 1. The van der Waals surface area contributed by atoms with Gasteiger partial charge in [-0.15, -0.1) is 0 Å². The highest BCUT2D eigenvalue weighted by atomic mass is 79.9. The Balaban J connectivity index is 2.47. The van der Waals surface area contributed by atoms with E-state index in [-0.39, 0.29) is 12.0 Å². The van der Waals surface area contributed by atoms with E-state index in [9.17, 15) is 0 Å². The summed E-state index contributed by atoms with van der Waals surface area (Å²) in [4.78, 5) is 7.82. The summed E-state index contributed by atoms with van der Waals surface area (Å²) in [6.45, 7) is 4.07. The lowest BCUT2D eigenvalue weighted by atomic mass is 10.0. The molecule has 1 heterocycles. The van der Waals surface area contributed by atoms with Gasteiger partial charge in [-0.3, -0.25) is 0 Å². The van der Waals surface area contributed by atoms with Crippen LogP contribution in [0.15, 0.2) is 22.7 Å². The first-order valence-electron chi connectivity index (χ1n) is 4.98. The van der Waals surface area contributed by atoms with Crippen molar-refractivity contribution < 1.29 is 0 Å². The quantitative estimate of drug-likeness (QED) is 0.879. The van der Waals surface area contributed by atoms with Gasteiger partial charge in [0.2, 0.25) is 0 Å². The molecule has 4 heteroatoms. The van der Waals surface area contributed by atoms with E-state index in [0.29, 0.717) is 0 Å². The van der Waals surface area contributed by atoms with Crippen molar-refractivity contribution in [2.24, 2.45) is 5.73 Å². The van der Waals surface area contributed by atoms with E-state index in [2.05, 4.69) is 32.8 Å². The van der Waals surface area contributed by atoms with Crippen molar-refractivity contribution in [1.29, 1.82) is 0 Å². The molecule has 80 valence electrons. The predicted octanol–water partition coefficient (Wildman–Crippen LogP) is 2.78. The van der Waals surface area contributed by atoms with Gasteiger partial charge in [0.25, 0.3) is 0 Å². The number of hydrogen-bond donors (Lipinski definition) is 2. The number of rotatable bonds is 2. The Labute approximate surface area is 97.2 Å². The van der Waals surface area contributed by atoms with Crippen molar-refractivity contribution in [2.75, 3.05) is 0 Å². The third-order valence-electron chi connectivity index (χ3n) is 2.68. The average Bonchev–Trinajstić information content (AvgIpc) is 2.58.